The molecule has 0 aliphatic heterocycles. The summed E-state index contributed by atoms with van der Waals surface area (Å²) < 4.78 is 5.44. The molecule has 3 nitrogen and oxygen atoms in total. The van der Waals surface area contributed by atoms with Crippen LogP contribution in [0.2, 0.25) is 19.6 Å². The Morgan fingerprint density at radius 3 is 2.13 bits per heavy atom. The van der Waals surface area contributed by atoms with Gasteiger partial charge in [0.05, 0.1) is 14.1 Å². The maximum Gasteiger partial charge on any atom is 0.408 e. The predicted molar refractivity (Wildman–Crippen MR) is 100 cm³/mol. The van der Waals surface area contributed by atoms with Crippen molar-refractivity contribution in [3.8, 4) is 0 Å². The fourth-order valence-electron chi connectivity index (χ4n) is 2.48. The number of carbonyl (C=O) groups excluding carboxylic acids is 1. The Morgan fingerprint density at radius 1 is 1.17 bits per heavy atom. The van der Waals surface area contributed by atoms with Crippen LogP contribution in [0.3, 0.4) is 0 Å². The van der Waals surface area contributed by atoms with Crippen LogP contribution in [-0.4, -0.2) is 19.8 Å². The van der Waals surface area contributed by atoms with Gasteiger partial charge in [-0.2, -0.15) is 0 Å². The predicted octanol–water partition coefficient (Wildman–Crippen LogP) is 5.32. The molecule has 1 rings (SSSR count). The highest BCUT2D eigenvalue weighted by atomic mass is 28.3. The summed E-state index contributed by atoms with van der Waals surface area (Å²) in [6.07, 6.45) is -0.387. The third kappa shape index (κ3) is 6.22. The van der Waals surface area contributed by atoms with Crippen LogP contribution in [0.25, 0.3) is 0 Å². The van der Waals surface area contributed by atoms with E-state index in [-0.39, 0.29) is 18.1 Å². The van der Waals surface area contributed by atoms with Crippen LogP contribution in [0.1, 0.15) is 39.3 Å². The Hall–Kier alpha value is -1.55. The average Bonchev–Trinajstić information content (AvgIpc) is 2.41. The van der Waals surface area contributed by atoms with Gasteiger partial charge in [0, 0.05) is 0 Å². The zero-order chi connectivity index (χ0) is 17.8. The molecule has 0 fully saturated rings. The third-order valence-electron chi connectivity index (χ3n) is 3.84. The largest absolute Gasteiger partial charge is 0.444 e. The van der Waals surface area contributed by atoms with Crippen LogP contribution in [0.5, 0.6) is 0 Å². The van der Waals surface area contributed by atoms with Crippen LogP contribution >= 0.6 is 0 Å². The van der Waals surface area contributed by atoms with E-state index in [1.807, 2.05) is 51.1 Å². The van der Waals surface area contributed by atoms with Crippen molar-refractivity contribution in [2.45, 2.75) is 59.0 Å². The van der Waals surface area contributed by atoms with E-state index >= 15 is 0 Å². The van der Waals surface area contributed by atoms with E-state index < -0.39 is 13.7 Å². The number of alkyl carbamates (subject to hydrolysis) is 1. The minimum Gasteiger partial charge on any atom is -0.444 e. The molecule has 0 radical (unpaired) electrons. The molecule has 4 heteroatoms. The molecule has 1 amide bonds. The fourth-order valence-corrected chi connectivity index (χ4v) is 4.01. The topological polar surface area (TPSA) is 38.3 Å². The number of amides is 1. The number of ether oxygens (including phenoxy) is 1. The summed E-state index contributed by atoms with van der Waals surface area (Å²) in [7, 11) is -1.50. The van der Waals surface area contributed by atoms with Crippen molar-refractivity contribution in [3.63, 3.8) is 0 Å². The molecule has 1 aromatic carbocycles. The van der Waals surface area contributed by atoms with Gasteiger partial charge in [-0.3, -0.25) is 0 Å². The average molecular weight is 334 g/mol. The minimum absolute atomic E-state index is 0.134. The summed E-state index contributed by atoms with van der Waals surface area (Å²) in [6.45, 7) is 18.9. The first kappa shape index (κ1) is 19.5. The first-order chi connectivity index (χ1) is 10.4. The first-order valence-corrected chi connectivity index (χ1v) is 11.7. The molecule has 0 bridgehead atoms. The summed E-state index contributed by atoms with van der Waals surface area (Å²) in [4.78, 5) is 12.3. The lowest BCUT2D eigenvalue weighted by atomic mass is 9.94. The molecule has 1 N–H and O–H groups in total. The van der Waals surface area contributed by atoms with Gasteiger partial charge in [-0.05, 0) is 32.3 Å². The Labute approximate surface area is 142 Å². The molecule has 0 heterocycles. The number of hydrogen-bond donors (Lipinski definition) is 1. The van der Waals surface area contributed by atoms with E-state index in [0.29, 0.717) is 0 Å². The summed E-state index contributed by atoms with van der Waals surface area (Å²) in [5, 5.41) is 4.28. The van der Waals surface area contributed by atoms with Gasteiger partial charge in [-0.15, -0.1) is 6.58 Å². The van der Waals surface area contributed by atoms with Gasteiger partial charge in [0.15, 0.2) is 0 Å². The van der Waals surface area contributed by atoms with Crippen molar-refractivity contribution >= 4 is 14.2 Å². The minimum atomic E-state index is -1.50. The normalized spacial score (nSPS) is 14.7. The highest BCUT2D eigenvalue weighted by Gasteiger charge is 2.31. The molecule has 0 saturated carbocycles. The van der Waals surface area contributed by atoms with Crippen molar-refractivity contribution in [1.29, 1.82) is 0 Å². The number of benzene rings is 1. The van der Waals surface area contributed by atoms with Crippen molar-refractivity contribution in [3.05, 3.63) is 47.7 Å². The molecule has 1 aromatic rings. The molecule has 2 atom stereocenters. The zero-order valence-electron chi connectivity index (χ0n) is 15.6. The number of nitrogens with one attached hydrogen (secondary N) is 1. The molecule has 0 aliphatic rings. The summed E-state index contributed by atoms with van der Waals surface area (Å²) in [6, 6.07) is 9.90. The van der Waals surface area contributed by atoms with Crippen molar-refractivity contribution in [2.24, 2.45) is 5.92 Å². The maximum atomic E-state index is 12.3. The monoisotopic (exact) mass is 333 g/mol. The fraction of sp³-hybridized carbons (Fsp3) is 0.526. The highest BCUT2D eigenvalue weighted by Crippen LogP contribution is 2.32. The zero-order valence-corrected chi connectivity index (χ0v) is 16.6. The van der Waals surface area contributed by atoms with E-state index in [2.05, 4.69) is 38.5 Å². The molecular weight excluding hydrogens is 302 g/mol. The Morgan fingerprint density at radius 2 is 1.70 bits per heavy atom. The molecule has 0 aliphatic carbocycles. The van der Waals surface area contributed by atoms with Crippen LogP contribution in [0.15, 0.2) is 42.1 Å². The lowest BCUT2D eigenvalue weighted by molar-refractivity contribution is 0.0492. The Bertz CT molecular complexity index is 541. The van der Waals surface area contributed by atoms with Crippen LogP contribution in [-0.2, 0) is 4.74 Å². The number of rotatable bonds is 5. The van der Waals surface area contributed by atoms with Crippen LogP contribution in [0, 0.1) is 5.92 Å². The SMILES string of the molecule is C=C([C@@H](C)[C@@H](NC(=O)OC(C)(C)C)c1ccccc1)[Si](C)(C)C. The molecule has 0 aromatic heterocycles. The highest BCUT2D eigenvalue weighted by molar-refractivity contribution is 6.83. The van der Waals surface area contributed by atoms with Gasteiger partial charge in [0.2, 0.25) is 0 Å². The first-order valence-electron chi connectivity index (χ1n) is 8.15. The van der Waals surface area contributed by atoms with E-state index in [9.17, 15) is 4.79 Å². The molecule has 0 unspecified atom stereocenters. The van der Waals surface area contributed by atoms with E-state index in [1.54, 1.807) is 0 Å². The van der Waals surface area contributed by atoms with Crippen LogP contribution in [0.4, 0.5) is 4.79 Å². The van der Waals surface area contributed by atoms with Gasteiger partial charge in [0.1, 0.15) is 5.60 Å². The second kappa shape index (κ2) is 7.34. The summed E-state index contributed by atoms with van der Waals surface area (Å²) in [5.74, 6) is 0.150. The lowest BCUT2D eigenvalue weighted by Gasteiger charge is -2.33. The van der Waals surface area contributed by atoms with Crippen LogP contribution < -0.4 is 5.32 Å². The van der Waals surface area contributed by atoms with Gasteiger partial charge >= 0.3 is 6.09 Å². The Balaban J connectivity index is 3.04. The van der Waals surface area contributed by atoms with Gasteiger partial charge in [-0.25, -0.2) is 4.79 Å². The van der Waals surface area contributed by atoms with Gasteiger partial charge in [0.25, 0.3) is 0 Å². The van der Waals surface area contributed by atoms with Crippen molar-refractivity contribution in [1.82, 2.24) is 5.32 Å². The lowest BCUT2D eigenvalue weighted by Crippen LogP contribution is -2.40. The Kier molecular flexibility index (Phi) is 6.23. The van der Waals surface area contributed by atoms with E-state index in [4.69, 9.17) is 4.74 Å². The van der Waals surface area contributed by atoms with Crippen molar-refractivity contribution < 1.29 is 9.53 Å². The molecular formula is C19H31NO2Si. The molecule has 128 valence electrons. The van der Waals surface area contributed by atoms with Gasteiger partial charge in [-0.1, -0.05) is 62.1 Å². The van der Waals surface area contributed by atoms with Crippen molar-refractivity contribution in [2.75, 3.05) is 0 Å². The smallest absolute Gasteiger partial charge is 0.408 e. The molecule has 23 heavy (non-hydrogen) atoms. The second-order valence-electron chi connectivity index (χ2n) is 8.10. The quantitative estimate of drug-likeness (QED) is 0.740. The van der Waals surface area contributed by atoms with E-state index in [0.717, 1.165) is 5.56 Å². The molecule has 0 saturated heterocycles. The number of hydrogen-bond acceptors (Lipinski definition) is 2. The third-order valence-corrected chi connectivity index (χ3v) is 6.23. The summed E-state index contributed by atoms with van der Waals surface area (Å²) in [5.41, 5.74) is 0.565. The van der Waals surface area contributed by atoms with E-state index in [1.165, 1.54) is 5.20 Å². The molecule has 0 spiro atoms. The summed E-state index contributed by atoms with van der Waals surface area (Å²) >= 11 is 0. The number of carbonyl (C=O) groups is 1. The standard InChI is InChI=1S/C19H31NO2Si/c1-14(15(2)23(6,7)8)17(16-12-10-9-11-13-16)20-18(21)22-19(3,4)5/h9-14,17H,2H2,1,3-8H3,(H,20,21)/t14-,17-/m1/s1. The second-order valence-corrected chi connectivity index (χ2v) is 13.2. The maximum absolute atomic E-state index is 12.3. The van der Waals surface area contributed by atoms with Gasteiger partial charge < -0.3 is 10.1 Å².